The molecule has 0 heterocycles. The summed E-state index contributed by atoms with van der Waals surface area (Å²) in [6, 6.07) is 0.254. The van der Waals surface area contributed by atoms with E-state index in [2.05, 4.69) is 38.3 Å². The highest BCUT2D eigenvalue weighted by Gasteiger charge is 2.12. The number of carbonyl (C=O) groups excluding carboxylic acids is 1. The van der Waals surface area contributed by atoms with Gasteiger partial charge in [-0.3, -0.25) is 4.79 Å². The molecule has 0 aromatic carbocycles. The zero-order valence-electron chi connectivity index (χ0n) is 10.5. The second-order valence-electron chi connectivity index (χ2n) is 4.73. The Kier molecular flexibility index (Phi) is 7.02. The third kappa shape index (κ3) is 10.1. The molecule has 2 N–H and O–H groups in total. The van der Waals surface area contributed by atoms with Crippen LogP contribution in [0.4, 0.5) is 0 Å². The van der Waals surface area contributed by atoms with Crippen LogP contribution in [-0.2, 0) is 4.79 Å². The average Bonchev–Trinajstić information content (AvgIpc) is 2.10. The number of rotatable bonds is 6. The van der Waals surface area contributed by atoms with Crippen molar-refractivity contribution in [3.05, 3.63) is 0 Å². The van der Waals surface area contributed by atoms with Crippen LogP contribution in [-0.4, -0.2) is 35.5 Å². The molecule has 0 aliphatic rings. The number of amides is 1. The molecule has 1 amide bonds. The van der Waals surface area contributed by atoms with Crippen LogP contribution in [0.25, 0.3) is 0 Å². The van der Waals surface area contributed by atoms with Gasteiger partial charge in [0.05, 0.1) is 6.54 Å². The highest BCUT2D eigenvalue weighted by atomic mass is 32.2. The van der Waals surface area contributed by atoms with Gasteiger partial charge < -0.3 is 10.6 Å². The number of hydrogen-bond acceptors (Lipinski definition) is 3. The van der Waals surface area contributed by atoms with Crippen molar-refractivity contribution in [1.29, 1.82) is 0 Å². The van der Waals surface area contributed by atoms with Gasteiger partial charge in [-0.2, -0.15) is 11.8 Å². The van der Waals surface area contributed by atoms with E-state index in [4.69, 9.17) is 0 Å². The molecule has 15 heavy (non-hydrogen) atoms. The normalized spacial score (nSPS) is 13.7. The van der Waals surface area contributed by atoms with E-state index in [1.54, 1.807) is 0 Å². The van der Waals surface area contributed by atoms with Crippen LogP contribution in [0.5, 0.6) is 0 Å². The molecule has 0 rings (SSSR count). The first-order valence-electron chi connectivity index (χ1n) is 5.47. The third-order valence-electron chi connectivity index (χ3n) is 1.76. The lowest BCUT2D eigenvalue weighted by Crippen LogP contribution is -2.45. The van der Waals surface area contributed by atoms with Crippen LogP contribution in [0, 0.1) is 0 Å². The van der Waals surface area contributed by atoms with Crippen LogP contribution in [0.2, 0.25) is 0 Å². The van der Waals surface area contributed by atoms with Crippen LogP contribution in [0.15, 0.2) is 0 Å². The molecule has 0 saturated carbocycles. The molecule has 0 aliphatic heterocycles. The van der Waals surface area contributed by atoms with Gasteiger partial charge >= 0.3 is 0 Å². The van der Waals surface area contributed by atoms with Crippen molar-refractivity contribution in [3.63, 3.8) is 0 Å². The second kappa shape index (κ2) is 7.12. The van der Waals surface area contributed by atoms with Crippen molar-refractivity contribution in [3.8, 4) is 0 Å². The first-order chi connectivity index (χ1) is 6.85. The Morgan fingerprint density at radius 2 is 2.00 bits per heavy atom. The van der Waals surface area contributed by atoms with Crippen molar-refractivity contribution in [2.75, 3.05) is 18.1 Å². The topological polar surface area (TPSA) is 41.1 Å². The molecule has 0 bridgehead atoms. The van der Waals surface area contributed by atoms with Crippen LogP contribution < -0.4 is 10.6 Å². The largest absolute Gasteiger partial charge is 0.352 e. The smallest absolute Gasteiger partial charge is 0.234 e. The lowest BCUT2D eigenvalue weighted by atomic mass is 10.1. The molecule has 0 aliphatic carbocycles. The lowest BCUT2D eigenvalue weighted by Gasteiger charge is -2.21. The average molecular weight is 232 g/mol. The molecule has 0 aromatic rings. The number of carbonyl (C=O) groups is 1. The minimum Gasteiger partial charge on any atom is -0.352 e. The van der Waals surface area contributed by atoms with Crippen LogP contribution >= 0.6 is 11.8 Å². The first kappa shape index (κ1) is 14.8. The predicted octanol–water partition coefficient (Wildman–Crippen LogP) is 1.63. The fourth-order valence-corrected chi connectivity index (χ4v) is 1.68. The van der Waals surface area contributed by atoms with E-state index in [-0.39, 0.29) is 17.5 Å². The Bertz CT molecular complexity index is 190. The van der Waals surface area contributed by atoms with E-state index in [1.807, 2.05) is 18.7 Å². The minimum atomic E-state index is -0.00124. The predicted molar refractivity (Wildman–Crippen MR) is 68.4 cm³/mol. The van der Waals surface area contributed by atoms with Crippen molar-refractivity contribution in [1.82, 2.24) is 10.6 Å². The second-order valence-corrected chi connectivity index (χ2v) is 6.05. The molecule has 0 fully saturated rings. The van der Waals surface area contributed by atoms with Gasteiger partial charge in [-0.05, 0) is 33.4 Å². The van der Waals surface area contributed by atoms with Gasteiger partial charge in [-0.1, -0.05) is 6.92 Å². The Morgan fingerprint density at radius 3 is 2.47 bits per heavy atom. The molecule has 1 unspecified atom stereocenters. The van der Waals surface area contributed by atoms with Gasteiger partial charge in [-0.25, -0.2) is 0 Å². The molecule has 0 radical (unpaired) electrons. The highest BCUT2D eigenvalue weighted by Crippen LogP contribution is 2.01. The Hall–Kier alpha value is -0.220. The number of hydrogen-bond donors (Lipinski definition) is 2. The molecular formula is C11H24N2OS. The molecular weight excluding hydrogens is 208 g/mol. The number of thioether (sulfide) groups is 1. The fraction of sp³-hybridized carbons (Fsp3) is 0.909. The van der Waals surface area contributed by atoms with E-state index in [1.165, 1.54) is 0 Å². The summed E-state index contributed by atoms with van der Waals surface area (Å²) in [5, 5.41) is 6.13. The van der Waals surface area contributed by atoms with E-state index in [0.29, 0.717) is 6.54 Å². The fourth-order valence-electron chi connectivity index (χ4n) is 1.01. The molecule has 90 valence electrons. The van der Waals surface area contributed by atoms with Gasteiger partial charge in [-0.15, -0.1) is 0 Å². The third-order valence-corrected chi connectivity index (χ3v) is 2.90. The van der Waals surface area contributed by atoms with E-state index >= 15 is 0 Å². The Labute approximate surface area is 97.8 Å². The van der Waals surface area contributed by atoms with Crippen molar-refractivity contribution < 1.29 is 4.79 Å². The van der Waals surface area contributed by atoms with Crippen LogP contribution in [0.3, 0.4) is 0 Å². The van der Waals surface area contributed by atoms with Gasteiger partial charge in [0.2, 0.25) is 5.91 Å². The molecule has 4 heteroatoms. The summed E-state index contributed by atoms with van der Waals surface area (Å²) in [4.78, 5) is 11.5. The lowest BCUT2D eigenvalue weighted by molar-refractivity contribution is -0.121. The summed E-state index contributed by atoms with van der Waals surface area (Å²) >= 11 is 1.85. The molecule has 0 spiro atoms. The summed E-state index contributed by atoms with van der Waals surface area (Å²) in [7, 11) is 0. The maximum absolute atomic E-state index is 11.5. The Balaban J connectivity index is 3.64. The van der Waals surface area contributed by atoms with Crippen molar-refractivity contribution in [2.24, 2.45) is 0 Å². The first-order valence-corrected chi connectivity index (χ1v) is 6.62. The quantitative estimate of drug-likeness (QED) is 0.731. The van der Waals surface area contributed by atoms with Crippen molar-refractivity contribution >= 4 is 17.7 Å². The molecule has 1 atom stereocenters. The molecule has 3 nitrogen and oxygen atoms in total. The van der Waals surface area contributed by atoms with E-state index in [9.17, 15) is 4.79 Å². The summed E-state index contributed by atoms with van der Waals surface area (Å²) in [6.07, 6.45) is 0. The zero-order chi connectivity index (χ0) is 11.9. The van der Waals surface area contributed by atoms with E-state index in [0.717, 1.165) is 11.5 Å². The maximum Gasteiger partial charge on any atom is 0.234 e. The van der Waals surface area contributed by atoms with E-state index < -0.39 is 0 Å². The summed E-state index contributed by atoms with van der Waals surface area (Å²) in [5.74, 6) is 2.16. The zero-order valence-corrected chi connectivity index (χ0v) is 11.3. The van der Waals surface area contributed by atoms with Crippen LogP contribution in [0.1, 0.15) is 34.6 Å². The molecule has 0 saturated heterocycles. The maximum atomic E-state index is 11.5. The minimum absolute atomic E-state index is 0.00124. The van der Waals surface area contributed by atoms with Gasteiger partial charge in [0.15, 0.2) is 0 Å². The standard InChI is InChI=1S/C11H24N2OS/c1-6-15-8-9(2)13-10(14)7-12-11(3,4)5/h9,12H,6-8H2,1-5H3,(H,13,14). The monoisotopic (exact) mass is 232 g/mol. The van der Waals surface area contributed by atoms with Gasteiger partial charge in [0.25, 0.3) is 0 Å². The number of nitrogens with one attached hydrogen (secondary N) is 2. The van der Waals surface area contributed by atoms with Gasteiger partial charge in [0.1, 0.15) is 0 Å². The van der Waals surface area contributed by atoms with Crippen molar-refractivity contribution in [2.45, 2.75) is 46.2 Å². The highest BCUT2D eigenvalue weighted by molar-refractivity contribution is 7.99. The summed E-state index contributed by atoms with van der Waals surface area (Å²) < 4.78 is 0. The molecule has 0 aromatic heterocycles. The SMILES string of the molecule is CCSCC(C)NC(=O)CNC(C)(C)C. The Morgan fingerprint density at radius 1 is 1.40 bits per heavy atom. The summed E-state index contributed by atoms with van der Waals surface area (Å²) in [5.41, 5.74) is -0.00124. The summed E-state index contributed by atoms with van der Waals surface area (Å²) in [6.45, 7) is 10.7. The van der Waals surface area contributed by atoms with Gasteiger partial charge in [0, 0.05) is 17.3 Å².